The summed E-state index contributed by atoms with van der Waals surface area (Å²) in [5, 5.41) is 6.59. The zero-order chi connectivity index (χ0) is 14.6. The van der Waals surface area contributed by atoms with Gasteiger partial charge in [0.1, 0.15) is 5.52 Å². The number of rotatable bonds is 6. The largest absolute Gasteiger partial charge is 0.435 e. The van der Waals surface area contributed by atoms with Gasteiger partial charge < -0.3 is 5.32 Å². The lowest BCUT2D eigenvalue weighted by atomic mass is 10.2. The molecule has 110 valence electrons. The summed E-state index contributed by atoms with van der Waals surface area (Å²) in [6.07, 6.45) is 2.78. The molecular formula is C13H17F3N4. The average molecular weight is 286 g/mol. The first-order valence-electron chi connectivity index (χ1n) is 6.68. The van der Waals surface area contributed by atoms with Crippen LogP contribution in [0.1, 0.15) is 38.3 Å². The second kappa shape index (κ2) is 6.11. The van der Waals surface area contributed by atoms with Crippen LogP contribution in [0.4, 0.5) is 19.0 Å². The highest BCUT2D eigenvalue weighted by Gasteiger charge is 2.34. The molecule has 0 aromatic carbocycles. The van der Waals surface area contributed by atoms with Gasteiger partial charge in [-0.25, -0.2) is 9.50 Å². The molecule has 2 aromatic rings. The third-order valence-corrected chi connectivity index (χ3v) is 3.00. The van der Waals surface area contributed by atoms with Gasteiger partial charge in [0.15, 0.2) is 11.5 Å². The van der Waals surface area contributed by atoms with Crippen LogP contribution in [0.5, 0.6) is 0 Å². The molecule has 4 nitrogen and oxygen atoms in total. The van der Waals surface area contributed by atoms with Crippen molar-refractivity contribution in [3.05, 3.63) is 24.2 Å². The molecule has 1 N–H and O–H groups in total. The van der Waals surface area contributed by atoms with Crippen LogP contribution in [0.25, 0.3) is 5.52 Å². The predicted octanol–water partition coefficient (Wildman–Crippen LogP) is 3.74. The monoisotopic (exact) mass is 286 g/mol. The SMILES string of the molecule is CCCCCCNc1nccn2nc(C(F)(F)F)cc12. The van der Waals surface area contributed by atoms with Gasteiger partial charge >= 0.3 is 6.18 Å². The van der Waals surface area contributed by atoms with Gasteiger partial charge in [-0.15, -0.1) is 0 Å². The Kier molecular flexibility index (Phi) is 4.46. The van der Waals surface area contributed by atoms with E-state index in [4.69, 9.17) is 0 Å². The second-order valence-corrected chi connectivity index (χ2v) is 4.62. The fraction of sp³-hybridized carbons (Fsp3) is 0.538. The molecule has 0 saturated carbocycles. The Balaban J connectivity index is 2.11. The summed E-state index contributed by atoms with van der Waals surface area (Å²) in [6.45, 7) is 2.82. The van der Waals surface area contributed by atoms with Gasteiger partial charge in [-0.05, 0) is 6.42 Å². The lowest BCUT2D eigenvalue weighted by molar-refractivity contribution is -0.141. The van der Waals surface area contributed by atoms with Gasteiger partial charge in [0.2, 0.25) is 0 Å². The number of fused-ring (bicyclic) bond motifs is 1. The van der Waals surface area contributed by atoms with E-state index in [1.165, 1.54) is 16.9 Å². The molecule has 20 heavy (non-hydrogen) atoms. The molecule has 2 aromatic heterocycles. The molecule has 0 radical (unpaired) electrons. The molecular weight excluding hydrogens is 269 g/mol. The zero-order valence-corrected chi connectivity index (χ0v) is 11.2. The van der Waals surface area contributed by atoms with Crippen molar-refractivity contribution in [1.82, 2.24) is 14.6 Å². The van der Waals surface area contributed by atoms with Gasteiger partial charge in [-0.2, -0.15) is 18.3 Å². The van der Waals surface area contributed by atoms with Gasteiger partial charge in [0, 0.05) is 25.0 Å². The zero-order valence-electron chi connectivity index (χ0n) is 11.2. The summed E-state index contributed by atoms with van der Waals surface area (Å²) in [6, 6.07) is 1.02. The molecule has 2 heterocycles. The van der Waals surface area contributed by atoms with E-state index in [9.17, 15) is 13.2 Å². The minimum Gasteiger partial charge on any atom is -0.368 e. The fourth-order valence-corrected chi connectivity index (χ4v) is 1.96. The van der Waals surface area contributed by atoms with E-state index in [-0.39, 0.29) is 0 Å². The molecule has 0 spiro atoms. The lowest BCUT2D eigenvalue weighted by Crippen LogP contribution is -2.06. The van der Waals surface area contributed by atoms with E-state index in [1.54, 1.807) is 0 Å². The fourth-order valence-electron chi connectivity index (χ4n) is 1.96. The second-order valence-electron chi connectivity index (χ2n) is 4.62. The minimum absolute atomic E-state index is 0.343. The molecule has 2 rings (SSSR count). The highest BCUT2D eigenvalue weighted by Crippen LogP contribution is 2.29. The number of anilines is 1. The van der Waals surface area contributed by atoms with Gasteiger partial charge in [-0.3, -0.25) is 0 Å². The van der Waals surface area contributed by atoms with E-state index in [2.05, 4.69) is 22.3 Å². The molecule has 0 aliphatic heterocycles. The van der Waals surface area contributed by atoms with Crippen LogP contribution in [0, 0.1) is 0 Å². The molecule has 0 aliphatic rings. The Labute approximate surface area is 115 Å². The minimum atomic E-state index is -4.44. The highest BCUT2D eigenvalue weighted by atomic mass is 19.4. The average Bonchev–Trinajstić information content (AvgIpc) is 2.83. The maximum atomic E-state index is 12.6. The number of unbranched alkanes of at least 4 members (excludes halogenated alkanes) is 3. The Morgan fingerprint density at radius 2 is 2.05 bits per heavy atom. The topological polar surface area (TPSA) is 42.2 Å². The Hall–Kier alpha value is -1.79. The number of hydrogen-bond acceptors (Lipinski definition) is 3. The summed E-state index contributed by atoms with van der Waals surface area (Å²) in [4.78, 5) is 4.08. The van der Waals surface area contributed by atoms with Crippen molar-refractivity contribution in [3.8, 4) is 0 Å². The van der Waals surface area contributed by atoms with E-state index < -0.39 is 11.9 Å². The molecule has 0 fully saturated rings. The van der Waals surface area contributed by atoms with E-state index in [1.807, 2.05) is 0 Å². The van der Waals surface area contributed by atoms with Crippen molar-refractivity contribution in [3.63, 3.8) is 0 Å². The smallest absolute Gasteiger partial charge is 0.368 e. The van der Waals surface area contributed by atoms with Crippen LogP contribution in [-0.2, 0) is 6.18 Å². The van der Waals surface area contributed by atoms with E-state index in [0.717, 1.165) is 31.7 Å². The summed E-state index contributed by atoms with van der Waals surface area (Å²) in [5.74, 6) is 0.437. The molecule has 0 unspecified atom stereocenters. The Morgan fingerprint density at radius 1 is 1.25 bits per heavy atom. The van der Waals surface area contributed by atoms with Crippen molar-refractivity contribution in [2.75, 3.05) is 11.9 Å². The first-order valence-corrected chi connectivity index (χ1v) is 6.68. The van der Waals surface area contributed by atoms with Gasteiger partial charge in [-0.1, -0.05) is 26.2 Å². The molecule has 0 aliphatic carbocycles. The standard InChI is InChI=1S/C13H17F3N4/c1-2-3-4-5-6-17-12-10-9-11(13(14,15)16)19-20(10)8-7-18-12/h7-9H,2-6H2,1H3,(H,17,18). The lowest BCUT2D eigenvalue weighted by Gasteiger charge is -2.06. The first-order chi connectivity index (χ1) is 9.52. The molecule has 7 heteroatoms. The van der Waals surface area contributed by atoms with Gasteiger partial charge in [0.05, 0.1) is 0 Å². The Bertz CT molecular complexity index is 562. The van der Waals surface area contributed by atoms with Crippen LogP contribution >= 0.6 is 0 Å². The van der Waals surface area contributed by atoms with E-state index >= 15 is 0 Å². The van der Waals surface area contributed by atoms with Crippen molar-refractivity contribution >= 4 is 11.3 Å². The molecule has 0 bridgehead atoms. The van der Waals surface area contributed by atoms with Crippen molar-refractivity contribution in [1.29, 1.82) is 0 Å². The summed E-state index contributed by atoms with van der Waals surface area (Å²) in [5.41, 5.74) is -0.560. The number of nitrogens with one attached hydrogen (secondary N) is 1. The summed E-state index contributed by atoms with van der Waals surface area (Å²) in [7, 11) is 0. The van der Waals surface area contributed by atoms with Crippen molar-refractivity contribution in [2.45, 2.75) is 38.8 Å². The van der Waals surface area contributed by atoms with Crippen LogP contribution < -0.4 is 5.32 Å². The Morgan fingerprint density at radius 3 is 2.75 bits per heavy atom. The number of hydrogen-bond donors (Lipinski definition) is 1. The highest BCUT2D eigenvalue weighted by molar-refractivity contribution is 5.67. The van der Waals surface area contributed by atoms with Gasteiger partial charge in [0.25, 0.3) is 0 Å². The quantitative estimate of drug-likeness (QED) is 0.822. The molecule has 0 saturated heterocycles. The van der Waals surface area contributed by atoms with Crippen LogP contribution in [-0.4, -0.2) is 21.1 Å². The third kappa shape index (κ3) is 3.40. The predicted molar refractivity (Wildman–Crippen MR) is 70.6 cm³/mol. The van der Waals surface area contributed by atoms with Crippen LogP contribution in [0.2, 0.25) is 0 Å². The molecule has 0 amide bonds. The number of nitrogens with zero attached hydrogens (tertiary/aromatic N) is 3. The normalized spacial score (nSPS) is 12.0. The van der Waals surface area contributed by atoms with Crippen molar-refractivity contribution < 1.29 is 13.2 Å². The summed E-state index contributed by atoms with van der Waals surface area (Å²) < 4.78 is 39.1. The third-order valence-electron chi connectivity index (χ3n) is 3.00. The van der Waals surface area contributed by atoms with Crippen molar-refractivity contribution in [2.24, 2.45) is 0 Å². The number of aromatic nitrogens is 3. The van der Waals surface area contributed by atoms with Crippen LogP contribution in [0.3, 0.4) is 0 Å². The number of halogens is 3. The van der Waals surface area contributed by atoms with E-state index in [0.29, 0.717) is 17.9 Å². The maximum Gasteiger partial charge on any atom is 0.435 e. The first kappa shape index (κ1) is 14.6. The molecule has 0 atom stereocenters. The number of alkyl halides is 3. The summed E-state index contributed by atoms with van der Waals surface area (Å²) >= 11 is 0. The maximum absolute atomic E-state index is 12.6. The van der Waals surface area contributed by atoms with Crippen LogP contribution in [0.15, 0.2) is 18.5 Å².